The van der Waals surface area contributed by atoms with E-state index in [4.69, 9.17) is 5.73 Å². The molecule has 0 saturated carbocycles. The van der Waals surface area contributed by atoms with Gasteiger partial charge < -0.3 is 5.73 Å². The first-order valence-electron chi connectivity index (χ1n) is 4.73. The Morgan fingerprint density at radius 3 is 2.65 bits per heavy atom. The summed E-state index contributed by atoms with van der Waals surface area (Å²) in [6.45, 7) is 0. The van der Waals surface area contributed by atoms with Crippen molar-refractivity contribution in [1.29, 1.82) is 0 Å². The summed E-state index contributed by atoms with van der Waals surface area (Å²) in [4.78, 5) is 25.1. The van der Waals surface area contributed by atoms with Crippen molar-refractivity contribution in [3.8, 4) is 0 Å². The molecule has 1 aliphatic rings. The number of hydrogen-bond donors (Lipinski definition) is 1. The van der Waals surface area contributed by atoms with Crippen LogP contribution >= 0.6 is 11.3 Å². The molecule has 6 nitrogen and oxygen atoms in total. The zero-order valence-corrected chi connectivity index (χ0v) is 9.27. The Kier molecular flexibility index (Phi) is 1.96. The van der Waals surface area contributed by atoms with E-state index in [-0.39, 0.29) is 11.0 Å². The molecule has 0 fully saturated rings. The number of carbonyl (C=O) groups excluding carboxylic acids is 2. The molecule has 1 aromatic heterocycles. The van der Waals surface area contributed by atoms with E-state index in [1.165, 1.54) is 11.6 Å². The third-order valence-corrected chi connectivity index (χ3v) is 3.13. The highest BCUT2D eigenvalue weighted by Gasteiger charge is 2.38. The molecule has 7 heteroatoms. The topological polar surface area (TPSA) is 89.2 Å². The van der Waals surface area contributed by atoms with Crippen LogP contribution in [0.1, 0.15) is 20.7 Å². The van der Waals surface area contributed by atoms with Gasteiger partial charge in [0.25, 0.3) is 11.8 Å². The molecule has 2 N–H and O–H groups in total. The number of aromatic nitrogens is 2. The summed E-state index contributed by atoms with van der Waals surface area (Å²) in [7, 11) is 0. The number of benzene rings is 1. The maximum Gasteiger partial charge on any atom is 0.268 e. The monoisotopic (exact) mass is 246 g/mol. The van der Waals surface area contributed by atoms with Gasteiger partial charge in [-0.2, -0.15) is 0 Å². The normalized spacial score (nSPS) is 14.2. The van der Waals surface area contributed by atoms with Crippen LogP contribution in [-0.4, -0.2) is 22.0 Å². The summed E-state index contributed by atoms with van der Waals surface area (Å²) in [6.07, 6.45) is 0. The molecule has 2 aromatic rings. The molecule has 2 amide bonds. The Labute approximate surface area is 99.7 Å². The minimum absolute atomic E-state index is 0.273. The van der Waals surface area contributed by atoms with E-state index >= 15 is 0 Å². The predicted octanol–water partition coefficient (Wildman–Crippen LogP) is 0.921. The van der Waals surface area contributed by atoms with E-state index in [9.17, 15) is 9.59 Å². The molecule has 0 radical (unpaired) electrons. The lowest BCUT2D eigenvalue weighted by Crippen LogP contribution is -2.29. The van der Waals surface area contributed by atoms with Gasteiger partial charge in [-0.3, -0.25) is 9.59 Å². The molecular formula is C10H6N4O2S. The molecule has 17 heavy (non-hydrogen) atoms. The van der Waals surface area contributed by atoms with E-state index in [1.54, 1.807) is 12.1 Å². The maximum atomic E-state index is 12.0. The average Bonchev–Trinajstić information content (AvgIpc) is 2.88. The highest BCUT2D eigenvalue weighted by molar-refractivity contribution is 7.13. The molecule has 0 saturated heterocycles. The number of amides is 2. The van der Waals surface area contributed by atoms with Crippen LogP contribution in [0.2, 0.25) is 0 Å². The first-order valence-corrected chi connectivity index (χ1v) is 5.61. The molecule has 1 aliphatic heterocycles. The van der Waals surface area contributed by atoms with Crippen molar-refractivity contribution in [1.82, 2.24) is 10.2 Å². The molecule has 0 aliphatic carbocycles. The van der Waals surface area contributed by atoms with E-state index in [0.717, 1.165) is 16.2 Å². The van der Waals surface area contributed by atoms with E-state index in [2.05, 4.69) is 10.2 Å². The van der Waals surface area contributed by atoms with Crippen LogP contribution in [0.25, 0.3) is 0 Å². The first kappa shape index (κ1) is 9.91. The number of fused-ring (bicyclic) bond motifs is 1. The van der Waals surface area contributed by atoms with Gasteiger partial charge in [-0.1, -0.05) is 11.3 Å². The van der Waals surface area contributed by atoms with Gasteiger partial charge in [-0.05, 0) is 18.2 Å². The van der Waals surface area contributed by atoms with E-state index in [1.807, 2.05) is 0 Å². The van der Waals surface area contributed by atoms with Gasteiger partial charge in [0, 0.05) is 5.69 Å². The molecule has 0 spiro atoms. The van der Waals surface area contributed by atoms with Crippen LogP contribution < -0.4 is 10.6 Å². The van der Waals surface area contributed by atoms with Gasteiger partial charge >= 0.3 is 0 Å². The average molecular weight is 246 g/mol. The van der Waals surface area contributed by atoms with Gasteiger partial charge in [0.05, 0.1) is 11.1 Å². The predicted molar refractivity (Wildman–Crippen MR) is 61.9 cm³/mol. The number of carbonyl (C=O) groups is 2. The fraction of sp³-hybridized carbons (Fsp3) is 0. The third-order valence-electron chi connectivity index (χ3n) is 2.45. The second kappa shape index (κ2) is 3.36. The minimum Gasteiger partial charge on any atom is -0.399 e. The summed E-state index contributed by atoms with van der Waals surface area (Å²) in [6, 6.07) is 4.64. The lowest BCUT2D eigenvalue weighted by atomic mass is 10.1. The number of nitrogens with two attached hydrogens (primary N) is 1. The lowest BCUT2D eigenvalue weighted by molar-refractivity contribution is 0.0926. The van der Waals surface area contributed by atoms with E-state index in [0.29, 0.717) is 16.8 Å². The summed E-state index contributed by atoms with van der Waals surface area (Å²) in [5.41, 5.74) is 8.17. The third kappa shape index (κ3) is 1.32. The van der Waals surface area contributed by atoms with Crippen LogP contribution in [0.3, 0.4) is 0 Å². The standard InChI is InChI=1S/C10H6N4O2S/c11-5-1-2-6-7(3-5)9(16)14(8(6)15)10-13-12-4-17-10/h1-4H,11H2. The number of rotatable bonds is 1. The largest absolute Gasteiger partial charge is 0.399 e. The number of nitrogen functional groups attached to an aromatic ring is 1. The Morgan fingerprint density at radius 1 is 1.18 bits per heavy atom. The van der Waals surface area contributed by atoms with Crippen LogP contribution in [0.15, 0.2) is 23.7 Å². The molecule has 0 bridgehead atoms. The summed E-state index contributed by atoms with van der Waals surface area (Å²) >= 11 is 1.13. The van der Waals surface area contributed by atoms with Crippen molar-refractivity contribution in [2.24, 2.45) is 0 Å². The van der Waals surface area contributed by atoms with Gasteiger partial charge in [-0.15, -0.1) is 10.2 Å². The Bertz CT molecular complexity index is 623. The summed E-state index contributed by atoms with van der Waals surface area (Å²) in [5.74, 6) is -0.796. The number of anilines is 2. The lowest BCUT2D eigenvalue weighted by Gasteiger charge is -2.07. The van der Waals surface area contributed by atoms with Gasteiger partial charge in [0.1, 0.15) is 5.51 Å². The van der Waals surface area contributed by atoms with Gasteiger partial charge in [-0.25, -0.2) is 4.90 Å². The first-order chi connectivity index (χ1) is 8.18. The molecule has 0 atom stereocenters. The highest BCUT2D eigenvalue weighted by Crippen LogP contribution is 2.29. The molecule has 0 unspecified atom stereocenters. The fourth-order valence-electron chi connectivity index (χ4n) is 1.70. The quantitative estimate of drug-likeness (QED) is 0.597. The minimum atomic E-state index is -0.408. The molecule has 2 heterocycles. The SMILES string of the molecule is Nc1ccc2c(c1)C(=O)N(c1nncs1)C2=O. The highest BCUT2D eigenvalue weighted by atomic mass is 32.1. The zero-order chi connectivity index (χ0) is 12.0. The maximum absolute atomic E-state index is 12.0. The number of hydrogen-bond acceptors (Lipinski definition) is 6. The van der Waals surface area contributed by atoms with Crippen LogP contribution in [0.5, 0.6) is 0 Å². The number of nitrogens with zero attached hydrogens (tertiary/aromatic N) is 3. The Morgan fingerprint density at radius 2 is 1.94 bits per heavy atom. The van der Waals surface area contributed by atoms with Crippen molar-refractivity contribution in [2.45, 2.75) is 0 Å². The number of imide groups is 1. The van der Waals surface area contributed by atoms with E-state index < -0.39 is 5.91 Å². The zero-order valence-electron chi connectivity index (χ0n) is 8.45. The molecule has 3 rings (SSSR count). The van der Waals surface area contributed by atoms with Crippen molar-refractivity contribution < 1.29 is 9.59 Å². The second-order valence-electron chi connectivity index (χ2n) is 3.47. The van der Waals surface area contributed by atoms with Crippen LogP contribution in [-0.2, 0) is 0 Å². The molecule has 84 valence electrons. The fourth-order valence-corrected chi connectivity index (χ4v) is 2.25. The van der Waals surface area contributed by atoms with Crippen LogP contribution in [0.4, 0.5) is 10.8 Å². The summed E-state index contributed by atoms with van der Waals surface area (Å²) in [5, 5.41) is 7.61. The van der Waals surface area contributed by atoms with Gasteiger partial charge in [0.15, 0.2) is 0 Å². The van der Waals surface area contributed by atoms with Crippen molar-refractivity contribution in [3.63, 3.8) is 0 Å². The van der Waals surface area contributed by atoms with Crippen LogP contribution in [0, 0.1) is 0 Å². The van der Waals surface area contributed by atoms with Crippen molar-refractivity contribution >= 4 is 34.0 Å². The van der Waals surface area contributed by atoms with Crippen molar-refractivity contribution in [3.05, 3.63) is 34.8 Å². The van der Waals surface area contributed by atoms with Crippen molar-refractivity contribution in [2.75, 3.05) is 10.6 Å². The summed E-state index contributed by atoms with van der Waals surface area (Å²) < 4.78 is 0. The smallest absolute Gasteiger partial charge is 0.268 e. The molecular weight excluding hydrogens is 240 g/mol. The Balaban J connectivity index is 2.15. The second-order valence-corrected chi connectivity index (χ2v) is 4.28. The van der Waals surface area contributed by atoms with Gasteiger partial charge in [0.2, 0.25) is 5.13 Å². The Hall–Kier alpha value is -2.28. The molecule has 1 aromatic carbocycles.